The Morgan fingerprint density at radius 2 is 1.94 bits per heavy atom. The lowest BCUT2D eigenvalue weighted by Crippen LogP contribution is -2.39. The summed E-state index contributed by atoms with van der Waals surface area (Å²) < 4.78 is 1.64. The van der Waals surface area contributed by atoms with Crippen LogP contribution in [0.3, 0.4) is 0 Å². The zero-order valence-corrected chi connectivity index (χ0v) is 21.1. The summed E-state index contributed by atoms with van der Waals surface area (Å²) in [5.74, 6) is -0.211. The zero-order valence-electron chi connectivity index (χ0n) is 19.4. The van der Waals surface area contributed by atoms with Gasteiger partial charge >= 0.3 is 0 Å². The van der Waals surface area contributed by atoms with Crippen LogP contribution in [0.2, 0.25) is 0 Å². The number of likely N-dealkylation sites (N-methyl/N-ethyl adjacent to an activating group) is 1. The molecule has 2 amide bonds. The van der Waals surface area contributed by atoms with E-state index in [1.165, 1.54) is 21.5 Å². The van der Waals surface area contributed by atoms with Crippen molar-refractivity contribution in [2.45, 2.75) is 56.6 Å². The van der Waals surface area contributed by atoms with Gasteiger partial charge in [0.1, 0.15) is 4.83 Å². The Morgan fingerprint density at radius 3 is 2.68 bits per heavy atom. The number of carbonyl (C=O) groups is 2. The number of aryl methyl sites for hydroxylation is 3. The molecule has 2 aliphatic rings. The van der Waals surface area contributed by atoms with Gasteiger partial charge in [-0.15, -0.1) is 11.3 Å². The van der Waals surface area contributed by atoms with Crippen LogP contribution in [0.4, 0.5) is 0 Å². The van der Waals surface area contributed by atoms with Crippen LogP contribution in [0.25, 0.3) is 15.9 Å². The van der Waals surface area contributed by atoms with Gasteiger partial charge in [0.05, 0.1) is 23.4 Å². The molecule has 0 aliphatic heterocycles. The Kier molecular flexibility index (Phi) is 6.48. The summed E-state index contributed by atoms with van der Waals surface area (Å²) in [5, 5.41) is 4.13. The summed E-state index contributed by atoms with van der Waals surface area (Å²) in [6.45, 7) is 2.04. The molecule has 1 fully saturated rings. The van der Waals surface area contributed by atoms with Gasteiger partial charge in [0.15, 0.2) is 5.16 Å². The first kappa shape index (κ1) is 23.1. The van der Waals surface area contributed by atoms with Crippen molar-refractivity contribution in [3.05, 3.63) is 50.6 Å². The van der Waals surface area contributed by atoms with Crippen molar-refractivity contribution in [3.63, 3.8) is 0 Å². The maximum atomic E-state index is 13.8. The quantitative estimate of drug-likeness (QED) is 0.400. The number of thiophene rings is 1. The van der Waals surface area contributed by atoms with E-state index < -0.39 is 0 Å². The molecule has 2 heterocycles. The number of aromatic nitrogens is 2. The summed E-state index contributed by atoms with van der Waals surface area (Å²) in [7, 11) is 1.63. The van der Waals surface area contributed by atoms with Gasteiger partial charge in [-0.3, -0.25) is 19.0 Å². The molecule has 7 nitrogen and oxygen atoms in total. The zero-order chi connectivity index (χ0) is 23.8. The van der Waals surface area contributed by atoms with Crippen LogP contribution in [0, 0.1) is 6.92 Å². The highest BCUT2D eigenvalue weighted by molar-refractivity contribution is 7.99. The number of amides is 2. The standard InChI is InChI=1S/C25H28N4O3S2/c1-15-7-11-17(12-8-15)29-24(32)22-18-5-3-4-6-19(18)34-23(22)27-25(29)33-14-21(31)28(2)13-20(30)26-16-9-10-16/h7-8,11-12,16H,3-6,9-10,13-14H2,1-2H3,(H,26,30). The molecule has 1 saturated carbocycles. The Balaban J connectivity index is 1.45. The summed E-state index contributed by atoms with van der Waals surface area (Å²) in [4.78, 5) is 46.9. The fraction of sp³-hybridized carbons (Fsp3) is 0.440. The van der Waals surface area contributed by atoms with E-state index in [0.29, 0.717) is 5.16 Å². The topological polar surface area (TPSA) is 84.3 Å². The molecule has 0 unspecified atom stereocenters. The lowest BCUT2D eigenvalue weighted by molar-refractivity contribution is -0.132. The molecular formula is C25H28N4O3S2. The SMILES string of the molecule is Cc1ccc(-n2c(SCC(=O)N(C)CC(=O)NC3CC3)nc3sc4c(c3c2=O)CCCC4)cc1. The van der Waals surface area contributed by atoms with Crippen molar-refractivity contribution in [2.75, 3.05) is 19.3 Å². The van der Waals surface area contributed by atoms with E-state index in [-0.39, 0.29) is 35.7 Å². The highest BCUT2D eigenvalue weighted by Crippen LogP contribution is 2.35. The first-order valence-electron chi connectivity index (χ1n) is 11.7. The van der Waals surface area contributed by atoms with Crippen molar-refractivity contribution < 1.29 is 9.59 Å². The van der Waals surface area contributed by atoms with Crippen molar-refractivity contribution in [2.24, 2.45) is 0 Å². The van der Waals surface area contributed by atoms with Gasteiger partial charge in [-0.25, -0.2) is 4.98 Å². The normalized spacial score (nSPS) is 15.2. The fourth-order valence-corrected chi connectivity index (χ4v) is 6.50. The second-order valence-electron chi connectivity index (χ2n) is 9.14. The number of fused-ring (bicyclic) bond motifs is 3. The van der Waals surface area contributed by atoms with Gasteiger partial charge in [0, 0.05) is 18.0 Å². The number of rotatable bonds is 7. The molecule has 0 atom stereocenters. The second kappa shape index (κ2) is 9.54. The van der Waals surface area contributed by atoms with E-state index in [0.717, 1.165) is 65.6 Å². The fourth-order valence-electron chi connectivity index (χ4n) is 4.25. The number of hydrogen-bond acceptors (Lipinski definition) is 6. The molecule has 178 valence electrons. The van der Waals surface area contributed by atoms with Crippen LogP contribution < -0.4 is 10.9 Å². The molecule has 2 aromatic heterocycles. The van der Waals surface area contributed by atoms with Gasteiger partial charge < -0.3 is 10.2 Å². The first-order valence-corrected chi connectivity index (χ1v) is 13.5. The molecular weight excluding hydrogens is 468 g/mol. The van der Waals surface area contributed by atoms with E-state index in [9.17, 15) is 14.4 Å². The van der Waals surface area contributed by atoms with Gasteiger partial charge in [0.2, 0.25) is 11.8 Å². The maximum Gasteiger partial charge on any atom is 0.267 e. The summed E-state index contributed by atoms with van der Waals surface area (Å²) in [5.41, 5.74) is 2.93. The summed E-state index contributed by atoms with van der Waals surface area (Å²) in [6, 6.07) is 8.05. The highest BCUT2D eigenvalue weighted by atomic mass is 32.2. The molecule has 0 bridgehead atoms. The van der Waals surface area contributed by atoms with E-state index >= 15 is 0 Å². The summed E-state index contributed by atoms with van der Waals surface area (Å²) in [6.07, 6.45) is 6.16. The highest BCUT2D eigenvalue weighted by Gasteiger charge is 2.25. The third-order valence-electron chi connectivity index (χ3n) is 6.32. The van der Waals surface area contributed by atoms with Crippen LogP contribution in [-0.2, 0) is 22.4 Å². The minimum Gasteiger partial charge on any atom is -0.352 e. The average Bonchev–Trinajstić information content (AvgIpc) is 3.54. The largest absolute Gasteiger partial charge is 0.352 e. The number of nitrogens with zero attached hydrogens (tertiary/aromatic N) is 3. The van der Waals surface area contributed by atoms with Crippen LogP contribution in [0.1, 0.15) is 41.7 Å². The average molecular weight is 497 g/mol. The van der Waals surface area contributed by atoms with Crippen LogP contribution in [-0.4, -0.2) is 51.7 Å². The Labute approximate surface area is 206 Å². The minimum atomic E-state index is -0.175. The van der Waals surface area contributed by atoms with Gasteiger partial charge in [-0.2, -0.15) is 0 Å². The van der Waals surface area contributed by atoms with Crippen molar-refractivity contribution in [3.8, 4) is 5.69 Å². The molecule has 0 spiro atoms. The predicted molar refractivity (Wildman–Crippen MR) is 136 cm³/mol. The maximum absolute atomic E-state index is 13.8. The second-order valence-corrected chi connectivity index (χ2v) is 11.2. The smallest absolute Gasteiger partial charge is 0.267 e. The van der Waals surface area contributed by atoms with Crippen LogP contribution in [0.15, 0.2) is 34.2 Å². The van der Waals surface area contributed by atoms with Crippen LogP contribution >= 0.6 is 23.1 Å². The lowest BCUT2D eigenvalue weighted by atomic mass is 9.97. The third-order valence-corrected chi connectivity index (χ3v) is 8.43. The molecule has 9 heteroatoms. The molecule has 2 aliphatic carbocycles. The number of nitrogens with one attached hydrogen (secondary N) is 1. The molecule has 1 N–H and O–H groups in total. The van der Waals surface area contributed by atoms with Gasteiger partial charge in [0.25, 0.3) is 5.56 Å². The monoisotopic (exact) mass is 496 g/mol. The van der Waals surface area contributed by atoms with E-state index in [1.54, 1.807) is 23.0 Å². The van der Waals surface area contributed by atoms with Gasteiger partial charge in [-0.1, -0.05) is 29.5 Å². The molecule has 1 aromatic carbocycles. The van der Waals surface area contributed by atoms with Gasteiger partial charge in [-0.05, 0) is 63.1 Å². The Hall–Kier alpha value is -2.65. The summed E-state index contributed by atoms with van der Waals surface area (Å²) >= 11 is 2.86. The minimum absolute atomic E-state index is 0.0325. The molecule has 0 radical (unpaired) electrons. The number of benzene rings is 1. The molecule has 0 saturated heterocycles. The number of carbonyl (C=O) groups excluding carboxylic acids is 2. The lowest BCUT2D eigenvalue weighted by Gasteiger charge is -2.17. The van der Waals surface area contributed by atoms with E-state index in [1.807, 2.05) is 31.2 Å². The third kappa shape index (κ3) is 4.77. The van der Waals surface area contributed by atoms with Crippen molar-refractivity contribution >= 4 is 45.1 Å². The molecule has 3 aromatic rings. The van der Waals surface area contributed by atoms with Crippen LogP contribution in [0.5, 0.6) is 0 Å². The van der Waals surface area contributed by atoms with E-state index in [4.69, 9.17) is 4.98 Å². The number of hydrogen-bond donors (Lipinski definition) is 1. The first-order chi connectivity index (χ1) is 16.4. The molecule has 34 heavy (non-hydrogen) atoms. The van der Waals surface area contributed by atoms with Crippen molar-refractivity contribution in [1.82, 2.24) is 19.8 Å². The number of thioether (sulfide) groups is 1. The predicted octanol–water partition coefficient (Wildman–Crippen LogP) is 3.46. The Morgan fingerprint density at radius 1 is 1.21 bits per heavy atom. The van der Waals surface area contributed by atoms with E-state index in [2.05, 4.69) is 5.32 Å². The van der Waals surface area contributed by atoms with Crippen molar-refractivity contribution in [1.29, 1.82) is 0 Å². The molecule has 5 rings (SSSR count). The Bertz CT molecular complexity index is 1310.